The molecule has 0 fully saturated rings. The Morgan fingerprint density at radius 3 is 2.71 bits per heavy atom. The third-order valence-corrected chi connectivity index (χ3v) is 2.78. The summed E-state index contributed by atoms with van der Waals surface area (Å²) < 4.78 is 4.75. The number of benzene rings is 1. The smallest absolute Gasteiger partial charge is 0.338 e. The number of carbonyl (C=O) groups excluding carboxylic acids is 1. The van der Waals surface area contributed by atoms with Gasteiger partial charge in [0, 0.05) is 12.2 Å². The fraction of sp³-hybridized carbons (Fsp3) is 0.500. The van der Waals surface area contributed by atoms with Crippen LogP contribution in [0.2, 0.25) is 0 Å². The number of hydrogen-bond donors (Lipinski definition) is 1. The molecular formula is C14H21NO2. The van der Waals surface area contributed by atoms with Crippen LogP contribution >= 0.6 is 0 Å². The SMILES string of the molecule is COC(=O)c1cccc(NCCC(C)C)c1C. The Morgan fingerprint density at radius 2 is 2.12 bits per heavy atom. The zero-order chi connectivity index (χ0) is 12.8. The van der Waals surface area contributed by atoms with Crippen LogP contribution in [-0.4, -0.2) is 19.6 Å². The van der Waals surface area contributed by atoms with Crippen molar-refractivity contribution in [2.45, 2.75) is 27.2 Å². The molecule has 0 heterocycles. The molecule has 0 unspecified atom stereocenters. The monoisotopic (exact) mass is 235 g/mol. The second kappa shape index (κ2) is 6.28. The van der Waals surface area contributed by atoms with E-state index in [2.05, 4.69) is 19.2 Å². The fourth-order valence-corrected chi connectivity index (χ4v) is 1.65. The zero-order valence-corrected chi connectivity index (χ0v) is 11.0. The molecule has 1 aromatic rings. The summed E-state index contributed by atoms with van der Waals surface area (Å²) in [6.07, 6.45) is 1.11. The lowest BCUT2D eigenvalue weighted by atomic mass is 10.1. The van der Waals surface area contributed by atoms with Gasteiger partial charge in [-0.15, -0.1) is 0 Å². The van der Waals surface area contributed by atoms with Crippen molar-refractivity contribution in [2.24, 2.45) is 5.92 Å². The molecule has 0 aliphatic rings. The zero-order valence-electron chi connectivity index (χ0n) is 11.0. The van der Waals surface area contributed by atoms with Gasteiger partial charge in [0.05, 0.1) is 12.7 Å². The highest BCUT2D eigenvalue weighted by Gasteiger charge is 2.11. The van der Waals surface area contributed by atoms with E-state index in [4.69, 9.17) is 4.74 Å². The second-order valence-electron chi connectivity index (χ2n) is 4.58. The number of anilines is 1. The van der Waals surface area contributed by atoms with Gasteiger partial charge in [-0.3, -0.25) is 0 Å². The van der Waals surface area contributed by atoms with Gasteiger partial charge in [0.1, 0.15) is 0 Å². The molecule has 94 valence electrons. The first-order valence-corrected chi connectivity index (χ1v) is 5.98. The van der Waals surface area contributed by atoms with E-state index in [1.54, 1.807) is 6.07 Å². The maximum absolute atomic E-state index is 11.5. The average molecular weight is 235 g/mol. The summed E-state index contributed by atoms with van der Waals surface area (Å²) in [4.78, 5) is 11.5. The van der Waals surface area contributed by atoms with Gasteiger partial charge in [-0.05, 0) is 37.0 Å². The van der Waals surface area contributed by atoms with E-state index in [9.17, 15) is 4.79 Å². The molecule has 0 saturated heterocycles. The minimum absolute atomic E-state index is 0.282. The van der Waals surface area contributed by atoms with Gasteiger partial charge in [0.2, 0.25) is 0 Å². The van der Waals surface area contributed by atoms with Gasteiger partial charge >= 0.3 is 5.97 Å². The Morgan fingerprint density at radius 1 is 1.41 bits per heavy atom. The molecule has 0 amide bonds. The second-order valence-corrected chi connectivity index (χ2v) is 4.58. The first-order valence-electron chi connectivity index (χ1n) is 5.98. The topological polar surface area (TPSA) is 38.3 Å². The first-order chi connectivity index (χ1) is 8.06. The van der Waals surface area contributed by atoms with E-state index in [-0.39, 0.29) is 5.97 Å². The summed E-state index contributed by atoms with van der Waals surface area (Å²) in [5.74, 6) is 0.390. The molecule has 0 aliphatic carbocycles. The predicted octanol–water partition coefficient (Wildman–Crippen LogP) is 3.24. The van der Waals surface area contributed by atoms with Crippen molar-refractivity contribution in [3.63, 3.8) is 0 Å². The quantitative estimate of drug-likeness (QED) is 0.796. The summed E-state index contributed by atoms with van der Waals surface area (Å²) >= 11 is 0. The molecule has 3 heteroatoms. The van der Waals surface area contributed by atoms with Crippen molar-refractivity contribution in [2.75, 3.05) is 19.0 Å². The Balaban J connectivity index is 2.76. The van der Waals surface area contributed by atoms with Gasteiger partial charge in [0.25, 0.3) is 0 Å². The van der Waals surface area contributed by atoms with Crippen molar-refractivity contribution in [1.29, 1.82) is 0 Å². The van der Waals surface area contributed by atoms with Gasteiger partial charge in [0.15, 0.2) is 0 Å². The number of nitrogens with one attached hydrogen (secondary N) is 1. The molecule has 0 saturated carbocycles. The van der Waals surface area contributed by atoms with Crippen LogP contribution in [0.15, 0.2) is 18.2 Å². The average Bonchev–Trinajstić information content (AvgIpc) is 2.30. The minimum Gasteiger partial charge on any atom is -0.465 e. The van der Waals surface area contributed by atoms with Crippen LogP contribution in [-0.2, 0) is 4.74 Å². The molecule has 1 aromatic carbocycles. The minimum atomic E-state index is -0.282. The Bertz CT molecular complexity index is 386. The van der Waals surface area contributed by atoms with E-state index in [1.807, 2.05) is 19.1 Å². The third-order valence-electron chi connectivity index (χ3n) is 2.78. The van der Waals surface area contributed by atoms with Crippen LogP contribution in [0.5, 0.6) is 0 Å². The predicted molar refractivity (Wildman–Crippen MR) is 70.5 cm³/mol. The van der Waals surface area contributed by atoms with Crippen LogP contribution in [0.4, 0.5) is 5.69 Å². The lowest BCUT2D eigenvalue weighted by Crippen LogP contribution is -2.09. The Hall–Kier alpha value is -1.51. The molecule has 3 nitrogen and oxygen atoms in total. The highest BCUT2D eigenvalue weighted by molar-refractivity contribution is 5.92. The van der Waals surface area contributed by atoms with Gasteiger partial charge < -0.3 is 10.1 Å². The van der Waals surface area contributed by atoms with E-state index in [1.165, 1.54) is 7.11 Å². The third kappa shape index (κ3) is 3.77. The molecule has 0 radical (unpaired) electrons. The Kier molecular flexibility index (Phi) is 5.01. The summed E-state index contributed by atoms with van der Waals surface area (Å²) in [7, 11) is 1.40. The van der Waals surface area contributed by atoms with Gasteiger partial charge in [-0.1, -0.05) is 19.9 Å². The van der Waals surface area contributed by atoms with Crippen LogP contribution < -0.4 is 5.32 Å². The maximum Gasteiger partial charge on any atom is 0.338 e. The van der Waals surface area contributed by atoms with Gasteiger partial charge in [-0.2, -0.15) is 0 Å². The van der Waals surface area contributed by atoms with Crippen LogP contribution in [0, 0.1) is 12.8 Å². The Labute approximate surface area is 103 Å². The number of rotatable bonds is 5. The van der Waals surface area contributed by atoms with Crippen molar-refractivity contribution in [1.82, 2.24) is 0 Å². The maximum atomic E-state index is 11.5. The highest BCUT2D eigenvalue weighted by Crippen LogP contribution is 2.19. The summed E-state index contributed by atoms with van der Waals surface area (Å²) in [6.45, 7) is 7.24. The lowest BCUT2D eigenvalue weighted by Gasteiger charge is -2.13. The van der Waals surface area contributed by atoms with Crippen molar-refractivity contribution in [3.05, 3.63) is 29.3 Å². The number of methoxy groups -OCH3 is 1. The van der Waals surface area contributed by atoms with E-state index < -0.39 is 0 Å². The summed E-state index contributed by atoms with van der Waals surface area (Å²) in [5, 5.41) is 3.36. The van der Waals surface area contributed by atoms with Gasteiger partial charge in [-0.25, -0.2) is 4.79 Å². The molecule has 1 rings (SSSR count). The number of esters is 1. The molecular weight excluding hydrogens is 214 g/mol. The standard InChI is InChI=1S/C14H21NO2/c1-10(2)8-9-15-13-7-5-6-12(11(13)3)14(16)17-4/h5-7,10,15H,8-9H2,1-4H3. The summed E-state index contributed by atoms with van der Waals surface area (Å²) in [5.41, 5.74) is 2.58. The molecule has 0 spiro atoms. The molecule has 0 atom stereocenters. The molecule has 17 heavy (non-hydrogen) atoms. The van der Waals surface area contributed by atoms with Crippen molar-refractivity contribution in [3.8, 4) is 0 Å². The van der Waals surface area contributed by atoms with Crippen molar-refractivity contribution >= 4 is 11.7 Å². The van der Waals surface area contributed by atoms with Crippen molar-refractivity contribution < 1.29 is 9.53 Å². The molecule has 0 bridgehead atoms. The fourth-order valence-electron chi connectivity index (χ4n) is 1.65. The first kappa shape index (κ1) is 13.6. The largest absolute Gasteiger partial charge is 0.465 e. The number of carbonyl (C=O) groups is 1. The summed E-state index contributed by atoms with van der Waals surface area (Å²) in [6, 6.07) is 5.65. The number of ether oxygens (including phenoxy) is 1. The number of hydrogen-bond acceptors (Lipinski definition) is 3. The van der Waals surface area contributed by atoms with Crippen LogP contribution in [0.1, 0.15) is 36.2 Å². The van der Waals surface area contributed by atoms with E-state index >= 15 is 0 Å². The van der Waals surface area contributed by atoms with E-state index in [0.29, 0.717) is 11.5 Å². The van der Waals surface area contributed by atoms with Crippen LogP contribution in [0.3, 0.4) is 0 Å². The van der Waals surface area contributed by atoms with E-state index in [0.717, 1.165) is 24.2 Å². The lowest BCUT2D eigenvalue weighted by molar-refractivity contribution is 0.0600. The molecule has 0 aliphatic heterocycles. The highest BCUT2D eigenvalue weighted by atomic mass is 16.5. The normalized spacial score (nSPS) is 10.4. The molecule has 0 aromatic heterocycles. The van der Waals surface area contributed by atoms with Crippen LogP contribution in [0.25, 0.3) is 0 Å². The molecule has 1 N–H and O–H groups in total.